The number of halogens is 2. The quantitative estimate of drug-likeness (QED) is 0.712. The molecule has 3 rings (SSSR count). The predicted molar refractivity (Wildman–Crippen MR) is 86.0 cm³/mol. The lowest BCUT2D eigenvalue weighted by molar-refractivity contribution is -0.123. The number of fused-ring (bicyclic) bond motifs is 1. The highest BCUT2D eigenvalue weighted by molar-refractivity contribution is 6.03. The normalized spacial score (nSPS) is 12.0. The van der Waals surface area contributed by atoms with Crippen LogP contribution < -0.4 is 5.32 Å². The first-order valence-electron chi connectivity index (χ1n) is 7.36. The molecule has 1 amide bonds. The lowest BCUT2D eigenvalue weighted by Gasteiger charge is -2.13. The third-order valence-corrected chi connectivity index (χ3v) is 3.53. The van der Waals surface area contributed by atoms with Crippen molar-refractivity contribution in [2.24, 2.45) is 0 Å². The van der Waals surface area contributed by atoms with Crippen LogP contribution in [0.5, 0.6) is 0 Å². The molecule has 0 aliphatic rings. The van der Waals surface area contributed by atoms with E-state index in [-0.39, 0.29) is 5.69 Å². The van der Waals surface area contributed by atoms with Gasteiger partial charge in [-0.2, -0.15) is 5.10 Å². The number of H-pyrrole nitrogens is 1. The molecule has 0 saturated heterocycles. The van der Waals surface area contributed by atoms with E-state index in [9.17, 15) is 18.4 Å². The zero-order valence-corrected chi connectivity index (χ0v) is 13.0. The molecule has 25 heavy (non-hydrogen) atoms. The molecule has 6 nitrogen and oxygen atoms in total. The average Bonchev–Trinajstić information content (AvgIpc) is 3.02. The van der Waals surface area contributed by atoms with Gasteiger partial charge < -0.3 is 10.1 Å². The van der Waals surface area contributed by atoms with Crippen LogP contribution in [0.1, 0.15) is 17.4 Å². The number of nitrogens with zero attached hydrogens (tertiary/aromatic N) is 1. The zero-order valence-electron chi connectivity index (χ0n) is 13.0. The largest absolute Gasteiger partial charge is 0.448 e. The lowest BCUT2D eigenvalue weighted by atomic mass is 10.2. The number of hydrogen-bond donors (Lipinski definition) is 2. The van der Waals surface area contributed by atoms with E-state index in [2.05, 4.69) is 15.5 Å². The Morgan fingerprint density at radius 2 is 1.80 bits per heavy atom. The number of para-hydroxylation sites is 2. The van der Waals surface area contributed by atoms with E-state index >= 15 is 0 Å². The summed E-state index contributed by atoms with van der Waals surface area (Å²) >= 11 is 0. The summed E-state index contributed by atoms with van der Waals surface area (Å²) in [5.41, 5.74) is 0.0629. The summed E-state index contributed by atoms with van der Waals surface area (Å²) in [6, 6.07) is 10.1. The molecule has 128 valence electrons. The maximum absolute atomic E-state index is 13.6. The first kappa shape index (κ1) is 16.6. The van der Waals surface area contributed by atoms with Gasteiger partial charge in [0.25, 0.3) is 5.91 Å². The molecule has 0 radical (unpaired) electrons. The van der Waals surface area contributed by atoms with Gasteiger partial charge in [0, 0.05) is 5.39 Å². The van der Waals surface area contributed by atoms with Crippen molar-refractivity contribution in [3.05, 3.63) is 59.8 Å². The average molecular weight is 345 g/mol. The fraction of sp³-hybridized carbons (Fsp3) is 0.118. The molecule has 0 saturated carbocycles. The van der Waals surface area contributed by atoms with Crippen molar-refractivity contribution < 1.29 is 23.1 Å². The van der Waals surface area contributed by atoms with Gasteiger partial charge in [0.15, 0.2) is 11.8 Å². The van der Waals surface area contributed by atoms with Gasteiger partial charge >= 0.3 is 5.97 Å². The summed E-state index contributed by atoms with van der Waals surface area (Å²) in [7, 11) is 0. The number of carbonyl (C=O) groups is 2. The Labute approximate surface area is 140 Å². The molecule has 2 N–H and O–H groups in total. The second kappa shape index (κ2) is 6.68. The third kappa shape index (κ3) is 3.32. The van der Waals surface area contributed by atoms with Crippen LogP contribution in [0, 0.1) is 11.6 Å². The number of aromatic nitrogens is 2. The molecule has 0 aliphatic carbocycles. The molecule has 0 spiro atoms. The number of esters is 1. The highest BCUT2D eigenvalue weighted by atomic mass is 19.1. The number of amides is 1. The minimum absolute atomic E-state index is 0.0207. The Hall–Kier alpha value is -3.29. The SMILES string of the molecule is CC(OC(=O)c1n[nH]c2ccccc12)C(=O)Nc1c(F)cccc1F. The summed E-state index contributed by atoms with van der Waals surface area (Å²) in [5.74, 6) is -3.54. The molecule has 1 heterocycles. The first-order chi connectivity index (χ1) is 12.0. The van der Waals surface area contributed by atoms with Crippen LogP contribution in [0.15, 0.2) is 42.5 Å². The predicted octanol–water partition coefficient (Wildman–Crippen LogP) is 3.03. The minimum atomic E-state index is -1.28. The molecule has 2 aromatic carbocycles. The molecule has 8 heteroatoms. The Kier molecular flexibility index (Phi) is 4.42. The molecule has 0 fully saturated rings. The van der Waals surface area contributed by atoms with Crippen LogP contribution >= 0.6 is 0 Å². The molecule has 1 aromatic heterocycles. The number of rotatable bonds is 4. The van der Waals surface area contributed by atoms with E-state index < -0.39 is 35.3 Å². The van der Waals surface area contributed by atoms with Crippen molar-refractivity contribution in [1.82, 2.24) is 10.2 Å². The standard InChI is InChI=1S/C17H13F2N3O3/c1-9(16(23)20-15-11(18)6-4-7-12(15)19)25-17(24)14-10-5-2-3-8-13(10)21-22-14/h2-9H,1H3,(H,20,23)(H,21,22). The number of carbonyl (C=O) groups excluding carboxylic acids is 2. The van der Waals surface area contributed by atoms with Gasteiger partial charge in [-0.1, -0.05) is 24.3 Å². The smallest absolute Gasteiger partial charge is 0.360 e. The number of hydrogen-bond acceptors (Lipinski definition) is 4. The fourth-order valence-electron chi connectivity index (χ4n) is 2.23. The lowest BCUT2D eigenvalue weighted by Crippen LogP contribution is -2.30. The maximum atomic E-state index is 13.6. The Bertz CT molecular complexity index is 935. The number of aromatic amines is 1. The number of ether oxygens (including phenoxy) is 1. The van der Waals surface area contributed by atoms with Crippen molar-refractivity contribution in [1.29, 1.82) is 0 Å². The van der Waals surface area contributed by atoms with Crippen LogP contribution in [0.25, 0.3) is 10.9 Å². The van der Waals surface area contributed by atoms with E-state index in [0.29, 0.717) is 10.9 Å². The Balaban J connectivity index is 1.72. The van der Waals surface area contributed by atoms with E-state index in [4.69, 9.17) is 4.74 Å². The monoisotopic (exact) mass is 345 g/mol. The molecule has 3 aromatic rings. The third-order valence-electron chi connectivity index (χ3n) is 3.53. The van der Waals surface area contributed by atoms with Crippen molar-refractivity contribution in [2.75, 3.05) is 5.32 Å². The molecular weight excluding hydrogens is 332 g/mol. The molecule has 0 bridgehead atoms. The first-order valence-corrected chi connectivity index (χ1v) is 7.36. The van der Waals surface area contributed by atoms with Gasteiger partial charge in [-0.05, 0) is 25.1 Å². The second-order valence-corrected chi connectivity index (χ2v) is 5.25. The van der Waals surface area contributed by atoms with Crippen molar-refractivity contribution >= 4 is 28.5 Å². The van der Waals surface area contributed by atoms with Gasteiger partial charge in [0.1, 0.15) is 17.3 Å². The summed E-state index contributed by atoms with van der Waals surface area (Å²) in [6.45, 7) is 1.29. The van der Waals surface area contributed by atoms with Crippen LogP contribution in [-0.2, 0) is 9.53 Å². The van der Waals surface area contributed by atoms with Crippen molar-refractivity contribution in [2.45, 2.75) is 13.0 Å². The molecule has 1 unspecified atom stereocenters. The summed E-state index contributed by atoms with van der Waals surface area (Å²) < 4.78 is 32.2. The van der Waals surface area contributed by atoms with Gasteiger partial charge in [-0.25, -0.2) is 13.6 Å². The molecule has 1 atom stereocenters. The van der Waals surface area contributed by atoms with Crippen LogP contribution in [-0.4, -0.2) is 28.2 Å². The highest BCUT2D eigenvalue weighted by Crippen LogP contribution is 2.19. The van der Waals surface area contributed by atoms with Crippen LogP contribution in [0.4, 0.5) is 14.5 Å². The van der Waals surface area contributed by atoms with Crippen LogP contribution in [0.2, 0.25) is 0 Å². The fourth-order valence-corrected chi connectivity index (χ4v) is 2.23. The zero-order chi connectivity index (χ0) is 18.0. The molecular formula is C17H13F2N3O3. The van der Waals surface area contributed by atoms with E-state index in [1.54, 1.807) is 24.3 Å². The van der Waals surface area contributed by atoms with Crippen molar-refractivity contribution in [3.8, 4) is 0 Å². The maximum Gasteiger partial charge on any atom is 0.360 e. The van der Waals surface area contributed by atoms with Gasteiger partial charge in [-0.3, -0.25) is 9.89 Å². The van der Waals surface area contributed by atoms with E-state index in [1.807, 2.05) is 0 Å². The topological polar surface area (TPSA) is 84.1 Å². The summed E-state index contributed by atoms with van der Waals surface area (Å²) in [5, 5.41) is 9.16. The van der Waals surface area contributed by atoms with Gasteiger partial charge in [0.2, 0.25) is 0 Å². The Morgan fingerprint density at radius 1 is 1.12 bits per heavy atom. The Morgan fingerprint density at radius 3 is 2.52 bits per heavy atom. The van der Waals surface area contributed by atoms with Gasteiger partial charge in [0.05, 0.1) is 5.52 Å². The summed E-state index contributed by atoms with van der Waals surface area (Å²) in [4.78, 5) is 24.2. The van der Waals surface area contributed by atoms with Crippen LogP contribution in [0.3, 0.4) is 0 Å². The number of benzene rings is 2. The highest BCUT2D eigenvalue weighted by Gasteiger charge is 2.23. The number of nitrogens with one attached hydrogen (secondary N) is 2. The number of anilines is 1. The summed E-state index contributed by atoms with van der Waals surface area (Å²) in [6.07, 6.45) is -1.28. The minimum Gasteiger partial charge on any atom is -0.448 e. The van der Waals surface area contributed by atoms with E-state index in [1.165, 1.54) is 13.0 Å². The van der Waals surface area contributed by atoms with Gasteiger partial charge in [-0.15, -0.1) is 0 Å². The van der Waals surface area contributed by atoms with E-state index in [0.717, 1.165) is 12.1 Å². The molecule has 0 aliphatic heterocycles. The second-order valence-electron chi connectivity index (χ2n) is 5.25. The van der Waals surface area contributed by atoms with Crippen molar-refractivity contribution in [3.63, 3.8) is 0 Å².